The van der Waals surface area contributed by atoms with Crippen molar-refractivity contribution in [2.75, 3.05) is 11.9 Å². The minimum Gasteiger partial charge on any atom is -0.444 e. The molecule has 0 aromatic carbocycles. The maximum absolute atomic E-state index is 12.6. The highest BCUT2D eigenvalue weighted by Crippen LogP contribution is 2.36. The zero-order chi connectivity index (χ0) is 16.4. The summed E-state index contributed by atoms with van der Waals surface area (Å²) in [6.45, 7) is 6.48. The van der Waals surface area contributed by atoms with Crippen molar-refractivity contribution < 1.29 is 9.53 Å². The fourth-order valence-electron chi connectivity index (χ4n) is 3.02. The average molecular weight is 317 g/mol. The predicted octanol–water partition coefficient (Wildman–Crippen LogP) is 4.12. The molecule has 0 unspecified atom stereocenters. The zero-order valence-corrected chi connectivity index (χ0v) is 14.3. The van der Waals surface area contributed by atoms with Gasteiger partial charge in [0.15, 0.2) is 0 Å². The molecule has 1 amide bonds. The number of carbonyl (C=O) groups excluding carboxylic acids is 1. The van der Waals surface area contributed by atoms with E-state index in [0.717, 1.165) is 37.2 Å². The summed E-state index contributed by atoms with van der Waals surface area (Å²) < 4.78 is 5.61. The van der Waals surface area contributed by atoms with Crippen molar-refractivity contribution in [2.24, 2.45) is 0 Å². The zero-order valence-electron chi connectivity index (χ0n) is 14.3. The monoisotopic (exact) mass is 317 g/mol. The first-order chi connectivity index (χ1) is 10.9. The van der Waals surface area contributed by atoms with Crippen molar-refractivity contribution in [3.8, 4) is 0 Å². The Morgan fingerprint density at radius 1 is 1.30 bits per heavy atom. The number of carbonyl (C=O) groups is 1. The van der Waals surface area contributed by atoms with Gasteiger partial charge in [-0.15, -0.1) is 0 Å². The minimum absolute atomic E-state index is 0.0496. The molecule has 1 aliphatic carbocycles. The van der Waals surface area contributed by atoms with Crippen molar-refractivity contribution >= 4 is 11.9 Å². The van der Waals surface area contributed by atoms with Crippen LogP contribution in [0.3, 0.4) is 0 Å². The second-order valence-electron chi connectivity index (χ2n) is 7.55. The van der Waals surface area contributed by atoms with Crippen LogP contribution in [0.4, 0.5) is 10.6 Å². The Morgan fingerprint density at radius 2 is 2.09 bits per heavy atom. The van der Waals surface area contributed by atoms with Gasteiger partial charge in [-0.05, 0) is 58.9 Å². The van der Waals surface area contributed by atoms with Gasteiger partial charge in [-0.1, -0.05) is 6.07 Å². The first kappa shape index (κ1) is 16.1. The summed E-state index contributed by atoms with van der Waals surface area (Å²) in [4.78, 5) is 19.0. The normalized spacial score (nSPS) is 21.9. The van der Waals surface area contributed by atoms with Crippen LogP contribution in [-0.2, 0) is 4.74 Å². The van der Waals surface area contributed by atoms with Gasteiger partial charge in [0.1, 0.15) is 11.4 Å². The van der Waals surface area contributed by atoms with E-state index in [0.29, 0.717) is 6.04 Å². The summed E-state index contributed by atoms with van der Waals surface area (Å²) in [7, 11) is 0. The summed E-state index contributed by atoms with van der Waals surface area (Å²) in [6, 6.07) is 4.64. The number of amides is 1. The van der Waals surface area contributed by atoms with Gasteiger partial charge in [-0.25, -0.2) is 9.78 Å². The molecule has 23 heavy (non-hydrogen) atoms. The molecule has 1 saturated heterocycles. The Kier molecular flexibility index (Phi) is 4.46. The number of hydrogen-bond acceptors (Lipinski definition) is 4. The lowest BCUT2D eigenvalue weighted by Crippen LogP contribution is -2.42. The SMILES string of the molecule is CC(C)(C)OC(=O)N1CCCC[C@@H]1c1cccnc1NC1CC1. The second kappa shape index (κ2) is 6.38. The molecule has 5 heteroatoms. The molecule has 1 N–H and O–H groups in total. The molecule has 0 spiro atoms. The third-order valence-corrected chi connectivity index (χ3v) is 4.25. The highest BCUT2D eigenvalue weighted by atomic mass is 16.6. The molecule has 3 rings (SSSR count). The van der Waals surface area contributed by atoms with Crippen molar-refractivity contribution in [1.82, 2.24) is 9.88 Å². The average Bonchev–Trinajstić information content (AvgIpc) is 3.30. The number of aromatic nitrogens is 1. The Morgan fingerprint density at radius 3 is 2.78 bits per heavy atom. The lowest BCUT2D eigenvalue weighted by atomic mass is 9.96. The molecule has 1 aliphatic heterocycles. The van der Waals surface area contributed by atoms with E-state index < -0.39 is 5.60 Å². The first-order valence-electron chi connectivity index (χ1n) is 8.65. The number of anilines is 1. The lowest BCUT2D eigenvalue weighted by Gasteiger charge is -2.37. The van der Waals surface area contributed by atoms with E-state index in [4.69, 9.17) is 4.74 Å². The Hall–Kier alpha value is -1.78. The number of piperidine rings is 1. The first-order valence-corrected chi connectivity index (χ1v) is 8.65. The van der Waals surface area contributed by atoms with Gasteiger partial charge in [-0.2, -0.15) is 0 Å². The standard InChI is InChI=1S/C18H27N3O2/c1-18(2,3)23-17(22)21-12-5-4-8-15(21)14-7-6-11-19-16(14)20-13-9-10-13/h6-7,11,13,15H,4-5,8-10,12H2,1-3H3,(H,19,20)/t15-/m1/s1. The third-order valence-electron chi connectivity index (χ3n) is 4.25. The molecule has 1 atom stereocenters. The Labute approximate surface area is 138 Å². The molecule has 1 saturated carbocycles. The summed E-state index contributed by atoms with van der Waals surface area (Å²) in [5.74, 6) is 0.926. The van der Waals surface area contributed by atoms with Gasteiger partial charge in [-0.3, -0.25) is 0 Å². The molecule has 5 nitrogen and oxygen atoms in total. The number of hydrogen-bond donors (Lipinski definition) is 1. The van der Waals surface area contributed by atoms with Crippen LogP contribution in [-0.4, -0.2) is 34.2 Å². The van der Waals surface area contributed by atoms with Gasteiger partial charge < -0.3 is 15.0 Å². The number of pyridine rings is 1. The maximum Gasteiger partial charge on any atom is 0.410 e. The molecule has 2 fully saturated rings. The summed E-state index contributed by atoms with van der Waals surface area (Å²) in [6.07, 6.45) is 7.12. The summed E-state index contributed by atoms with van der Waals surface area (Å²) in [5.41, 5.74) is 0.647. The van der Waals surface area contributed by atoms with Gasteiger partial charge in [0.2, 0.25) is 0 Å². The summed E-state index contributed by atoms with van der Waals surface area (Å²) >= 11 is 0. The fourth-order valence-corrected chi connectivity index (χ4v) is 3.02. The topological polar surface area (TPSA) is 54.5 Å². The highest BCUT2D eigenvalue weighted by molar-refractivity contribution is 5.69. The molecular weight excluding hydrogens is 290 g/mol. The van der Waals surface area contributed by atoms with Crippen LogP contribution < -0.4 is 5.32 Å². The van der Waals surface area contributed by atoms with Crippen molar-refractivity contribution in [2.45, 2.75) is 70.6 Å². The van der Waals surface area contributed by atoms with Gasteiger partial charge >= 0.3 is 6.09 Å². The molecule has 1 aromatic rings. The molecular formula is C18H27N3O2. The van der Waals surface area contributed by atoms with Crippen molar-refractivity contribution in [1.29, 1.82) is 0 Å². The second-order valence-corrected chi connectivity index (χ2v) is 7.55. The van der Waals surface area contributed by atoms with Gasteiger partial charge in [0.05, 0.1) is 6.04 Å². The van der Waals surface area contributed by atoms with Crippen LogP contribution in [0.15, 0.2) is 18.3 Å². The molecule has 126 valence electrons. The number of ether oxygens (including phenoxy) is 1. The van der Waals surface area contributed by atoms with Crippen LogP contribution in [0.5, 0.6) is 0 Å². The van der Waals surface area contributed by atoms with E-state index in [1.165, 1.54) is 12.8 Å². The number of nitrogens with zero attached hydrogens (tertiary/aromatic N) is 2. The van der Waals surface area contributed by atoms with E-state index in [-0.39, 0.29) is 12.1 Å². The van der Waals surface area contributed by atoms with E-state index in [9.17, 15) is 4.79 Å². The molecule has 0 radical (unpaired) electrons. The fraction of sp³-hybridized carbons (Fsp3) is 0.667. The number of nitrogens with one attached hydrogen (secondary N) is 1. The van der Waals surface area contributed by atoms with E-state index in [1.54, 1.807) is 0 Å². The van der Waals surface area contributed by atoms with Crippen LogP contribution in [0.2, 0.25) is 0 Å². The smallest absolute Gasteiger partial charge is 0.410 e. The quantitative estimate of drug-likeness (QED) is 0.911. The maximum atomic E-state index is 12.6. The van der Waals surface area contributed by atoms with Crippen LogP contribution in [0.1, 0.15) is 64.5 Å². The Balaban J connectivity index is 1.82. The molecule has 1 aromatic heterocycles. The largest absolute Gasteiger partial charge is 0.444 e. The van der Waals surface area contributed by atoms with Gasteiger partial charge in [0, 0.05) is 24.3 Å². The van der Waals surface area contributed by atoms with Crippen LogP contribution in [0, 0.1) is 0 Å². The third kappa shape index (κ3) is 4.15. The summed E-state index contributed by atoms with van der Waals surface area (Å²) in [5, 5.41) is 3.50. The van der Waals surface area contributed by atoms with E-state index in [1.807, 2.05) is 37.9 Å². The molecule has 0 bridgehead atoms. The molecule has 2 aliphatic rings. The van der Waals surface area contributed by atoms with Crippen LogP contribution in [0.25, 0.3) is 0 Å². The number of likely N-dealkylation sites (tertiary alicyclic amines) is 1. The predicted molar refractivity (Wildman–Crippen MR) is 90.4 cm³/mol. The van der Waals surface area contributed by atoms with Crippen LogP contribution >= 0.6 is 0 Å². The Bertz CT molecular complexity index is 564. The highest BCUT2D eigenvalue weighted by Gasteiger charge is 2.33. The van der Waals surface area contributed by atoms with E-state index >= 15 is 0 Å². The number of rotatable bonds is 3. The lowest BCUT2D eigenvalue weighted by molar-refractivity contribution is 0.00957. The van der Waals surface area contributed by atoms with Crippen molar-refractivity contribution in [3.63, 3.8) is 0 Å². The van der Waals surface area contributed by atoms with Crippen molar-refractivity contribution in [3.05, 3.63) is 23.9 Å². The van der Waals surface area contributed by atoms with E-state index in [2.05, 4.69) is 16.4 Å². The van der Waals surface area contributed by atoms with Gasteiger partial charge in [0.25, 0.3) is 0 Å². The molecule has 2 heterocycles. The minimum atomic E-state index is -0.469.